The molecule has 1 aliphatic heterocycles. The third kappa shape index (κ3) is 7.29. The summed E-state index contributed by atoms with van der Waals surface area (Å²) in [7, 11) is 3.61. The molecule has 2 nitrogen and oxygen atoms in total. The van der Waals surface area contributed by atoms with Gasteiger partial charge in [-0.25, -0.2) is 0 Å². The average molecular weight is 208 g/mol. The third-order valence-corrected chi connectivity index (χ3v) is 2.54. The van der Waals surface area contributed by atoms with Crippen LogP contribution in [0.2, 0.25) is 0 Å². The van der Waals surface area contributed by atoms with Crippen LogP contribution >= 0.6 is 11.9 Å². The summed E-state index contributed by atoms with van der Waals surface area (Å²) in [5.41, 5.74) is 0. The van der Waals surface area contributed by atoms with Gasteiger partial charge in [-0.1, -0.05) is 19.8 Å². The maximum Gasteiger partial charge on any atom is 0.0606 e. The van der Waals surface area contributed by atoms with Crippen LogP contribution < -0.4 is 0 Å². The molecule has 0 saturated carbocycles. The van der Waals surface area contributed by atoms with Crippen LogP contribution in [0.4, 0.5) is 0 Å². The van der Waals surface area contributed by atoms with Gasteiger partial charge < -0.3 is 4.90 Å². The molecule has 0 aromatic carbocycles. The van der Waals surface area contributed by atoms with E-state index in [9.17, 15) is 0 Å². The van der Waals surface area contributed by atoms with E-state index in [2.05, 4.69) is 35.0 Å². The molecular weight excluding hydrogens is 186 g/mol. The molecule has 0 aliphatic carbocycles. The van der Waals surface area contributed by atoms with E-state index in [1.165, 1.54) is 45.9 Å². The van der Waals surface area contributed by atoms with Crippen molar-refractivity contribution >= 4 is 11.9 Å². The number of nitrogens with zero attached hydrogens (tertiary/aromatic N) is 1. The lowest BCUT2D eigenvalue weighted by Gasteiger charge is -2.28. The highest BCUT2D eigenvalue weighted by atomic mass is 35.5. The largest absolute Gasteiger partial charge is 0.306 e. The van der Waals surface area contributed by atoms with Crippen molar-refractivity contribution in [1.29, 1.82) is 0 Å². The van der Waals surface area contributed by atoms with Crippen molar-refractivity contribution in [3.8, 4) is 0 Å². The lowest BCUT2D eigenvalue weighted by atomic mass is 9.93. The Morgan fingerprint density at radius 1 is 1.38 bits per heavy atom. The first kappa shape index (κ1) is 13.2. The second-order valence-electron chi connectivity index (χ2n) is 3.69. The SMILES string of the molecule is CCCC1CCN(C)CC1.COCl. The fourth-order valence-electron chi connectivity index (χ4n) is 1.76. The van der Waals surface area contributed by atoms with E-state index in [4.69, 9.17) is 0 Å². The van der Waals surface area contributed by atoms with Gasteiger partial charge in [-0.2, -0.15) is 0 Å². The monoisotopic (exact) mass is 207 g/mol. The van der Waals surface area contributed by atoms with Crippen molar-refractivity contribution in [2.75, 3.05) is 27.2 Å². The minimum absolute atomic E-state index is 1.04. The first-order valence-electron chi connectivity index (χ1n) is 5.07. The van der Waals surface area contributed by atoms with E-state index in [1.54, 1.807) is 0 Å². The zero-order valence-corrected chi connectivity index (χ0v) is 9.81. The Bertz CT molecular complexity index is 103. The molecule has 0 radical (unpaired) electrons. The van der Waals surface area contributed by atoms with E-state index in [-0.39, 0.29) is 0 Å². The Morgan fingerprint density at radius 2 is 1.85 bits per heavy atom. The second kappa shape index (κ2) is 8.79. The molecule has 80 valence electrons. The fraction of sp³-hybridized carbons (Fsp3) is 1.00. The number of piperidine rings is 1. The second-order valence-corrected chi connectivity index (χ2v) is 4.00. The Hall–Kier alpha value is 0.210. The summed E-state index contributed by atoms with van der Waals surface area (Å²) in [6, 6.07) is 0. The van der Waals surface area contributed by atoms with Crippen LogP contribution in [0.15, 0.2) is 0 Å². The van der Waals surface area contributed by atoms with Gasteiger partial charge in [-0.05, 0) is 38.9 Å². The van der Waals surface area contributed by atoms with Gasteiger partial charge in [0.2, 0.25) is 0 Å². The van der Waals surface area contributed by atoms with E-state index in [1.807, 2.05) is 0 Å². The van der Waals surface area contributed by atoms with E-state index in [0.717, 1.165) is 5.92 Å². The summed E-state index contributed by atoms with van der Waals surface area (Å²) in [6.07, 6.45) is 5.69. The van der Waals surface area contributed by atoms with Crippen LogP contribution in [0, 0.1) is 5.92 Å². The van der Waals surface area contributed by atoms with Crippen molar-refractivity contribution in [2.24, 2.45) is 5.92 Å². The molecule has 1 aliphatic rings. The molecule has 0 bridgehead atoms. The van der Waals surface area contributed by atoms with Gasteiger partial charge in [-0.3, -0.25) is 4.29 Å². The maximum absolute atomic E-state index is 4.50. The fourth-order valence-corrected chi connectivity index (χ4v) is 1.76. The van der Waals surface area contributed by atoms with Gasteiger partial charge in [0, 0.05) is 0 Å². The minimum Gasteiger partial charge on any atom is -0.306 e. The summed E-state index contributed by atoms with van der Waals surface area (Å²) < 4.78 is 3.72. The minimum atomic E-state index is 1.04. The predicted octanol–water partition coefficient (Wildman–Crippen LogP) is 2.91. The number of hydrogen-bond donors (Lipinski definition) is 0. The Balaban J connectivity index is 0.000000424. The van der Waals surface area contributed by atoms with Crippen molar-refractivity contribution in [1.82, 2.24) is 4.90 Å². The van der Waals surface area contributed by atoms with Crippen LogP contribution in [0.3, 0.4) is 0 Å². The van der Waals surface area contributed by atoms with Crippen molar-refractivity contribution in [3.63, 3.8) is 0 Å². The van der Waals surface area contributed by atoms with Crippen molar-refractivity contribution < 1.29 is 4.29 Å². The zero-order valence-electron chi connectivity index (χ0n) is 9.05. The molecule has 0 aromatic rings. The molecule has 13 heavy (non-hydrogen) atoms. The summed E-state index contributed by atoms with van der Waals surface area (Å²) in [5, 5.41) is 0. The summed E-state index contributed by atoms with van der Waals surface area (Å²) in [6.45, 7) is 4.94. The molecule has 0 aromatic heterocycles. The molecule has 0 atom stereocenters. The van der Waals surface area contributed by atoms with Gasteiger partial charge in [0.25, 0.3) is 0 Å². The summed E-state index contributed by atoms with van der Waals surface area (Å²) >= 11 is 4.50. The normalized spacial score (nSPS) is 19.4. The maximum atomic E-state index is 4.50. The molecule has 1 heterocycles. The van der Waals surface area contributed by atoms with Gasteiger partial charge in [0.05, 0.1) is 19.0 Å². The van der Waals surface area contributed by atoms with E-state index < -0.39 is 0 Å². The molecule has 1 saturated heterocycles. The topological polar surface area (TPSA) is 12.5 Å². The molecule has 3 heteroatoms. The van der Waals surface area contributed by atoms with Gasteiger partial charge in [0.15, 0.2) is 0 Å². The number of hydrogen-bond acceptors (Lipinski definition) is 2. The van der Waals surface area contributed by atoms with Crippen molar-refractivity contribution in [2.45, 2.75) is 32.6 Å². The highest BCUT2D eigenvalue weighted by Crippen LogP contribution is 2.20. The Morgan fingerprint density at radius 3 is 2.23 bits per heavy atom. The standard InChI is InChI=1S/C9H19N.CH3ClO/c1-3-4-9-5-7-10(2)8-6-9;1-3-2/h9H,3-8H2,1-2H3;1H3. The molecule has 0 unspecified atom stereocenters. The Labute approximate surface area is 87.4 Å². The number of likely N-dealkylation sites (tertiary alicyclic amines) is 1. The zero-order chi connectivity index (χ0) is 10.1. The molecular formula is C10H22ClNO. The van der Waals surface area contributed by atoms with Crippen LogP contribution in [0.1, 0.15) is 32.6 Å². The van der Waals surface area contributed by atoms with Gasteiger partial charge in [0.1, 0.15) is 0 Å². The quantitative estimate of drug-likeness (QED) is 0.691. The first-order valence-corrected chi connectivity index (χ1v) is 5.38. The molecule has 0 N–H and O–H groups in total. The van der Waals surface area contributed by atoms with Crippen LogP contribution in [0.25, 0.3) is 0 Å². The Kier molecular flexibility index (Phi) is 8.93. The molecule has 1 fully saturated rings. The molecule has 0 spiro atoms. The summed E-state index contributed by atoms with van der Waals surface area (Å²) in [5.74, 6) is 1.04. The van der Waals surface area contributed by atoms with Crippen LogP contribution in [-0.2, 0) is 4.29 Å². The van der Waals surface area contributed by atoms with Crippen LogP contribution in [-0.4, -0.2) is 32.1 Å². The van der Waals surface area contributed by atoms with Gasteiger partial charge in [-0.15, -0.1) is 0 Å². The van der Waals surface area contributed by atoms with E-state index >= 15 is 0 Å². The highest BCUT2D eigenvalue weighted by molar-refractivity contribution is 6.07. The van der Waals surface area contributed by atoms with Crippen LogP contribution in [0.5, 0.6) is 0 Å². The number of halogens is 1. The van der Waals surface area contributed by atoms with Crippen molar-refractivity contribution in [3.05, 3.63) is 0 Å². The smallest absolute Gasteiger partial charge is 0.0606 e. The van der Waals surface area contributed by atoms with Gasteiger partial charge >= 0.3 is 0 Å². The lowest BCUT2D eigenvalue weighted by molar-refractivity contribution is 0.211. The summed E-state index contributed by atoms with van der Waals surface area (Å²) in [4.78, 5) is 2.44. The molecule has 1 rings (SSSR count). The lowest BCUT2D eigenvalue weighted by Crippen LogP contribution is -2.29. The first-order chi connectivity index (χ1) is 6.24. The van der Waals surface area contributed by atoms with E-state index in [0.29, 0.717) is 0 Å². The average Bonchev–Trinajstić information content (AvgIpc) is 2.11. The predicted molar refractivity (Wildman–Crippen MR) is 58.0 cm³/mol. The highest BCUT2D eigenvalue weighted by Gasteiger charge is 2.14. The number of rotatable bonds is 2. The molecule has 0 amide bonds. The third-order valence-electron chi connectivity index (χ3n) is 2.54.